The Bertz CT molecular complexity index is 474. The third-order valence-electron chi connectivity index (χ3n) is 2.32. The van der Waals surface area contributed by atoms with Crippen LogP contribution in [0.2, 0.25) is 0 Å². The van der Waals surface area contributed by atoms with E-state index in [0.717, 1.165) is 12.1 Å². The quantitative estimate of drug-likeness (QED) is 0.776. The van der Waals surface area contributed by atoms with Gasteiger partial charge in [0.05, 0.1) is 5.56 Å². The van der Waals surface area contributed by atoms with Gasteiger partial charge in [0.1, 0.15) is 17.6 Å². The number of hydrogen-bond donors (Lipinski definition) is 0. The van der Waals surface area contributed by atoms with Crippen molar-refractivity contribution in [3.05, 3.63) is 36.0 Å². The average molecular weight is 255 g/mol. The maximum Gasteiger partial charge on any atom is 0.433 e. The van der Waals surface area contributed by atoms with Crippen molar-refractivity contribution in [2.24, 2.45) is 0 Å². The van der Waals surface area contributed by atoms with Gasteiger partial charge in [0.15, 0.2) is 0 Å². The molecule has 0 amide bonds. The lowest BCUT2D eigenvalue weighted by Crippen LogP contribution is -2.25. The minimum absolute atomic E-state index is 0.0368. The van der Waals surface area contributed by atoms with Gasteiger partial charge in [0, 0.05) is 13.1 Å². The highest BCUT2D eigenvalue weighted by Gasteiger charge is 2.33. The third kappa shape index (κ3) is 3.00. The molecule has 18 heavy (non-hydrogen) atoms. The van der Waals surface area contributed by atoms with Gasteiger partial charge in [-0.1, -0.05) is 6.08 Å². The Labute approximate surface area is 103 Å². The van der Waals surface area contributed by atoms with E-state index in [2.05, 4.69) is 11.6 Å². The fraction of sp³-hybridized carbons (Fsp3) is 0.333. The van der Waals surface area contributed by atoms with Crippen LogP contribution < -0.4 is 4.90 Å². The lowest BCUT2D eigenvalue weighted by atomic mass is 10.2. The zero-order valence-corrected chi connectivity index (χ0v) is 9.83. The molecule has 3 nitrogen and oxygen atoms in total. The fourth-order valence-electron chi connectivity index (χ4n) is 1.46. The number of rotatable bonds is 4. The lowest BCUT2D eigenvalue weighted by molar-refractivity contribution is -0.141. The smallest absolute Gasteiger partial charge is 0.352 e. The van der Waals surface area contributed by atoms with Gasteiger partial charge in [-0.05, 0) is 19.1 Å². The van der Waals surface area contributed by atoms with Crippen molar-refractivity contribution in [2.45, 2.75) is 13.1 Å². The summed E-state index contributed by atoms with van der Waals surface area (Å²) in [5.41, 5.74) is -0.884. The molecule has 0 N–H and O–H groups in total. The van der Waals surface area contributed by atoms with Crippen molar-refractivity contribution in [2.75, 3.05) is 18.0 Å². The standard InChI is InChI=1S/C12H12F3N3/c1-3-7-18(4-2)11-9(8-16)5-6-10(17-11)12(13,14)15/h3,5-6H,1,4,7H2,2H3. The first-order valence-corrected chi connectivity index (χ1v) is 5.28. The van der Waals surface area contributed by atoms with E-state index in [0.29, 0.717) is 13.1 Å². The van der Waals surface area contributed by atoms with Crippen LogP contribution in [0.15, 0.2) is 24.8 Å². The largest absolute Gasteiger partial charge is 0.433 e. The summed E-state index contributed by atoms with van der Waals surface area (Å²) in [6, 6.07) is 3.79. The maximum absolute atomic E-state index is 12.6. The second kappa shape index (κ2) is 5.54. The van der Waals surface area contributed by atoms with Crippen LogP contribution in [0.4, 0.5) is 19.0 Å². The van der Waals surface area contributed by atoms with Crippen LogP contribution in [-0.4, -0.2) is 18.1 Å². The predicted molar refractivity (Wildman–Crippen MR) is 62.0 cm³/mol. The first-order chi connectivity index (χ1) is 8.43. The van der Waals surface area contributed by atoms with Gasteiger partial charge in [-0.3, -0.25) is 0 Å². The van der Waals surface area contributed by atoms with Crippen LogP contribution in [0.1, 0.15) is 18.2 Å². The molecule has 0 radical (unpaired) electrons. The molecular formula is C12H12F3N3. The molecule has 0 spiro atoms. The highest BCUT2D eigenvalue weighted by Crippen LogP contribution is 2.30. The molecule has 0 atom stereocenters. The van der Waals surface area contributed by atoms with Crippen molar-refractivity contribution >= 4 is 5.82 Å². The number of pyridine rings is 1. The van der Waals surface area contributed by atoms with E-state index in [1.54, 1.807) is 17.9 Å². The van der Waals surface area contributed by atoms with Gasteiger partial charge in [-0.2, -0.15) is 18.4 Å². The van der Waals surface area contributed by atoms with Crippen molar-refractivity contribution in [1.29, 1.82) is 5.26 Å². The first kappa shape index (κ1) is 14.0. The summed E-state index contributed by atoms with van der Waals surface area (Å²) in [6.45, 7) is 6.07. The Morgan fingerprint density at radius 1 is 1.50 bits per heavy atom. The Morgan fingerprint density at radius 3 is 2.61 bits per heavy atom. The molecule has 0 saturated carbocycles. The number of nitrogens with zero attached hydrogens (tertiary/aromatic N) is 3. The molecule has 0 aliphatic rings. The second-order valence-corrected chi connectivity index (χ2v) is 3.50. The zero-order chi connectivity index (χ0) is 13.8. The van der Waals surface area contributed by atoms with E-state index < -0.39 is 11.9 Å². The number of hydrogen-bond acceptors (Lipinski definition) is 3. The van der Waals surface area contributed by atoms with Crippen molar-refractivity contribution in [3.8, 4) is 6.07 Å². The molecule has 0 aliphatic carbocycles. The molecule has 1 heterocycles. The molecule has 0 bridgehead atoms. The summed E-state index contributed by atoms with van der Waals surface area (Å²) in [5, 5.41) is 8.90. The predicted octanol–water partition coefficient (Wildman–Crippen LogP) is 2.98. The third-order valence-corrected chi connectivity index (χ3v) is 2.32. The number of halogens is 3. The van der Waals surface area contributed by atoms with Gasteiger partial charge in [0.2, 0.25) is 0 Å². The number of aromatic nitrogens is 1. The molecule has 0 aliphatic heterocycles. The van der Waals surface area contributed by atoms with Crippen LogP contribution in [0, 0.1) is 11.3 Å². The molecule has 96 valence electrons. The van der Waals surface area contributed by atoms with Crippen LogP contribution in [-0.2, 0) is 6.18 Å². The topological polar surface area (TPSA) is 39.9 Å². The van der Waals surface area contributed by atoms with Crippen LogP contribution in [0.5, 0.6) is 0 Å². The summed E-state index contributed by atoms with van der Waals surface area (Å²) >= 11 is 0. The van der Waals surface area contributed by atoms with Crippen molar-refractivity contribution in [1.82, 2.24) is 4.98 Å². The maximum atomic E-state index is 12.6. The highest BCUT2D eigenvalue weighted by atomic mass is 19.4. The summed E-state index contributed by atoms with van der Waals surface area (Å²) < 4.78 is 37.7. The van der Waals surface area contributed by atoms with E-state index >= 15 is 0 Å². The van der Waals surface area contributed by atoms with Crippen LogP contribution in [0.3, 0.4) is 0 Å². The van der Waals surface area contributed by atoms with Gasteiger partial charge < -0.3 is 4.90 Å². The van der Waals surface area contributed by atoms with E-state index in [1.165, 1.54) is 0 Å². The molecule has 6 heteroatoms. The SMILES string of the molecule is C=CCN(CC)c1nc(C(F)(F)F)ccc1C#N. The normalized spacial score (nSPS) is 10.8. The summed E-state index contributed by atoms with van der Waals surface area (Å²) in [4.78, 5) is 5.09. The highest BCUT2D eigenvalue weighted by molar-refractivity contribution is 5.54. The fourth-order valence-corrected chi connectivity index (χ4v) is 1.46. The molecule has 1 aromatic heterocycles. The van der Waals surface area contributed by atoms with Crippen molar-refractivity contribution < 1.29 is 13.2 Å². The Balaban J connectivity index is 3.30. The van der Waals surface area contributed by atoms with Gasteiger partial charge in [0.25, 0.3) is 0 Å². The molecular weight excluding hydrogens is 243 g/mol. The van der Waals surface area contributed by atoms with E-state index in [4.69, 9.17) is 5.26 Å². The van der Waals surface area contributed by atoms with E-state index in [1.807, 2.05) is 6.07 Å². The average Bonchev–Trinajstić information content (AvgIpc) is 2.34. The molecule has 1 aromatic rings. The Morgan fingerprint density at radius 2 is 2.17 bits per heavy atom. The summed E-state index contributed by atoms with van der Waals surface area (Å²) in [6.07, 6.45) is -2.97. The zero-order valence-electron chi connectivity index (χ0n) is 9.83. The molecule has 0 saturated heterocycles. The minimum Gasteiger partial charge on any atom is -0.352 e. The molecule has 0 aromatic carbocycles. The first-order valence-electron chi connectivity index (χ1n) is 5.28. The lowest BCUT2D eigenvalue weighted by Gasteiger charge is -2.22. The number of alkyl halides is 3. The van der Waals surface area contributed by atoms with Gasteiger partial charge >= 0.3 is 6.18 Å². The minimum atomic E-state index is -4.52. The van der Waals surface area contributed by atoms with Crippen LogP contribution >= 0.6 is 0 Å². The second-order valence-electron chi connectivity index (χ2n) is 3.50. The van der Waals surface area contributed by atoms with Crippen LogP contribution in [0.25, 0.3) is 0 Å². The Hall–Kier alpha value is -2.03. The van der Waals surface area contributed by atoms with E-state index in [9.17, 15) is 13.2 Å². The summed E-state index contributed by atoms with van der Waals surface area (Å²) in [7, 11) is 0. The summed E-state index contributed by atoms with van der Waals surface area (Å²) in [5.74, 6) is 0.0368. The number of likely N-dealkylation sites (N-methyl/N-ethyl adjacent to an activating group) is 1. The van der Waals surface area contributed by atoms with Gasteiger partial charge in [-0.25, -0.2) is 4.98 Å². The van der Waals surface area contributed by atoms with E-state index in [-0.39, 0.29) is 11.4 Å². The molecule has 0 unspecified atom stereocenters. The molecule has 1 rings (SSSR count). The number of nitriles is 1. The monoisotopic (exact) mass is 255 g/mol. The van der Waals surface area contributed by atoms with Crippen molar-refractivity contribution in [3.63, 3.8) is 0 Å². The van der Waals surface area contributed by atoms with Gasteiger partial charge in [-0.15, -0.1) is 6.58 Å². The Kier molecular flexibility index (Phi) is 4.32. The number of anilines is 1. The molecule has 0 fully saturated rings.